The van der Waals surface area contributed by atoms with Crippen LogP contribution in [0.2, 0.25) is 5.02 Å². The van der Waals surface area contributed by atoms with E-state index >= 15 is 0 Å². The van der Waals surface area contributed by atoms with Crippen LogP contribution in [-0.4, -0.2) is 6.54 Å². The van der Waals surface area contributed by atoms with Gasteiger partial charge >= 0.3 is 6.18 Å². The molecular weight excluding hydrogens is 275 g/mol. The molecule has 2 N–H and O–H groups in total. The molecule has 0 unspecified atom stereocenters. The molecule has 0 aromatic heterocycles. The fourth-order valence-electron chi connectivity index (χ4n) is 1.67. The summed E-state index contributed by atoms with van der Waals surface area (Å²) in [7, 11) is 0. The van der Waals surface area contributed by atoms with E-state index in [4.69, 9.17) is 17.3 Å². The summed E-state index contributed by atoms with van der Waals surface area (Å²) in [4.78, 5) is 0. The van der Waals surface area contributed by atoms with E-state index in [2.05, 4.69) is 0 Å². The van der Waals surface area contributed by atoms with Crippen LogP contribution in [0.25, 0.3) is 0 Å². The smallest absolute Gasteiger partial charge is 0.330 e. The van der Waals surface area contributed by atoms with Crippen molar-refractivity contribution >= 4 is 11.6 Å². The Balaban J connectivity index is 0.00000154. The first kappa shape index (κ1) is 18.3. The van der Waals surface area contributed by atoms with Gasteiger partial charge in [0, 0.05) is 0 Å². The summed E-state index contributed by atoms with van der Waals surface area (Å²) in [5.41, 5.74) is 5.72. The van der Waals surface area contributed by atoms with Gasteiger partial charge in [-0.05, 0) is 49.9 Å². The number of aryl methyl sites for hydroxylation is 2. The molecule has 0 saturated heterocycles. The Bertz CT molecular complexity index is 389. The van der Waals surface area contributed by atoms with E-state index in [0.29, 0.717) is 24.1 Å². The van der Waals surface area contributed by atoms with Gasteiger partial charge in [0.1, 0.15) is 0 Å². The van der Waals surface area contributed by atoms with E-state index in [1.165, 1.54) is 0 Å². The third-order valence-corrected chi connectivity index (χ3v) is 3.04. The standard InChI is InChI=1S/C12H15ClF3N.C2H6/c1-8-6-9(4-2-3-5-17)7-10(11(8)13)12(14,15)16;1-2/h6-7H,2-5,17H2,1H3;1-2H3. The fourth-order valence-corrected chi connectivity index (χ4v) is 1.88. The first-order chi connectivity index (χ1) is 8.86. The third-order valence-electron chi connectivity index (χ3n) is 2.54. The molecule has 5 heteroatoms. The highest BCUT2D eigenvalue weighted by Gasteiger charge is 2.34. The molecule has 1 rings (SSSR count). The van der Waals surface area contributed by atoms with Gasteiger partial charge < -0.3 is 5.73 Å². The molecule has 0 fully saturated rings. The maximum atomic E-state index is 12.7. The minimum atomic E-state index is -4.40. The average Bonchev–Trinajstić information content (AvgIpc) is 2.35. The minimum absolute atomic E-state index is 0.208. The second-order valence-corrected chi connectivity index (χ2v) is 4.40. The molecule has 110 valence electrons. The lowest BCUT2D eigenvalue weighted by atomic mass is 10.0. The van der Waals surface area contributed by atoms with Crippen molar-refractivity contribution in [3.63, 3.8) is 0 Å². The molecule has 0 aliphatic rings. The highest BCUT2D eigenvalue weighted by Crippen LogP contribution is 2.37. The van der Waals surface area contributed by atoms with Gasteiger partial charge in [-0.1, -0.05) is 31.5 Å². The van der Waals surface area contributed by atoms with Crippen molar-refractivity contribution in [2.24, 2.45) is 5.73 Å². The average molecular weight is 296 g/mol. The van der Waals surface area contributed by atoms with E-state index in [-0.39, 0.29) is 5.02 Å². The van der Waals surface area contributed by atoms with Gasteiger partial charge in [-0.3, -0.25) is 0 Å². The molecule has 1 nitrogen and oxygen atoms in total. The highest BCUT2D eigenvalue weighted by molar-refractivity contribution is 6.32. The van der Waals surface area contributed by atoms with Crippen LogP contribution in [0.4, 0.5) is 13.2 Å². The summed E-state index contributed by atoms with van der Waals surface area (Å²) in [6.45, 7) is 6.14. The lowest BCUT2D eigenvalue weighted by Crippen LogP contribution is -2.08. The Kier molecular flexibility index (Phi) is 8.11. The first-order valence-electron chi connectivity index (χ1n) is 6.42. The van der Waals surface area contributed by atoms with Gasteiger partial charge in [0.25, 0.3) is 0 Å². The summed E-state index contributed by atoms with van der Waals surface area (Å²) in [6.07, 6.45) is -2.21. The zero-order valence-electron chi connectivity index (χ0n) is 11.6. The maximum absolute atomic E-state index is 12.7. The molecule has 0 amide bonds. The number of halogens is 4. The zero-order valence-corrected chi connectivity index (χ0v) is 12.3. The predicted molar refractivity (Wildman–Crippen MR) is 74.5 cm³/mol. The van der Waals surface area contributed by atoms with Crippen molar-refractivity contribution in [1.29, 1.82) is 0 Å². The first-order valence-corrected chi connectivity index (χ1v) is 6.80. The summed E-state index contributed by atoms with van der Waals surface area (Å²) >= 11 is 5.67. The Hall–Kier alpha value is -0.740. The molecule has 0 radical (unpaired) electrons. The van der Waals surface area contributed by atoms with Crippen molar-refractivity contribution in [3.05, 3.63) is 33.8 Å². The van der Waals surface area contributed by atoms with E-state index in [9.17, 15) is 13.2 Å². The van der Waals surface area contributed by atoms with Crippen LogP contribution >= 0.6 is 11.6 Å². The van der Waals surface area contributed by atoms with E-state index in [1.54, 1.807) is 13.0 Å². The third kappa shape index (κ3) is 5.83. The van der Waals surface area contributed by atoms with E-state index in [1.807, 2.05) is 13.8 Å². The van der Waals surface area contributed by atoms with Gasteiger partial charge in [-0.25, -0.2) is 0 Å². The molecule has 19 heavy (non-hydrogen) atoms. The SMILES string of the molecule is CC.Cc1cc(CCCCN)cc(C(F)(F)F)c1Cl. The molecule has 0 saturated carbocycles. The normalized spacial score (nSPS) is 10.9. The van der Waals surface area contributed by atoms with Crippen LogP contribution in [-0.2, 0) is 12.6 Å². The van der Waals surface area contributed by atoms with Gasteiger partial charge in [0.05, 0.1) is 10.6 Å². The Morgan fingerprint density at radius 1 is 1.16 bits per heavy atom. The zero-order chi connectivity index (χ0) is 15.1. The second kappa shape index (κ2) is 8.43. The molecule has 0 heterocycles. The van der Waals surface area contributed by atoms with Crippen LogP contribution in [0.1, 0.15) is 43.4 Å². The predicted octanol–water partition coefficient (Wildman–Crippen LogP) is 4.97. The van der Waals surface area contributed by atoms with Crippen molar-refractivity contribution in [2.75, 3.05) is 6.54 Å². The highest BCUT2D eigenvalue weighted by atomic mass is 35.5. The maximum Gasteiger partial charge on any atom is 0.417 e. The summed E-state index contributed by atoms with van der Waals surface area (Å²) in [6, 6.07) is 2.83. The molecule has 0 bridgehead atoms. The number of alkyl halides is 3. The second-order valence-electron chi connectivity index (χ2n) is 4.02. The van der Waals surface area contributed by atoms with Crippen molar-refractivity contribution in [3.8, 4) is 0 Å². The molecule has 1 aromatic rings. The summed E-state index contributed by atoms with van der Waals surface area (Å²) in [5.74, 6) is 0. The van der Waals surface area contributed by atoms with Crippen molar-refractivity contribution < 1.29 is 13.2 Å². The molecule has 0 spiro atoms. The lowest BCUT2D eigenvalue weighted by molar-refractivity contribution is -0.137. The molecule has 0 atom stereocenters. The van der Waals surface area contributed by atoms with E-state index in [0.717, 1.165) is 18.9 Å². The van der Waals surface area contributed by atoms with Crippen LogP contribution in [0.15, 0.2) is 12.1 Å². The van der Waals surface area contributed by atoms with E-state index < -0.39 is 11.7 Å². The summed E-state index contributed by atoms with van der Waals surface area (Å²) in [5, 5.41) is -0.208. The number of rotatable bonds is 4. The fraction of sp³-hybridized carbons (Fsp3) is 0.571. The van der Waals surface area contributed by atoms with Crippen LogP contribution < -0.4 is 5.73 Å². The molecule has 1 aromatic carbocycles. The molecule has 0 aliphatic carbocycles. The van der Waals surface area contributed by atoms with Crippen molar-refractivity contribution in [2.45, 2.75) is 46.2 Å². The minimum Gasteiger partial charge on any atom is -0.330 e. The number of nitrogens with two attached hydrogens (primary N) is 1. The van der Waals surface area contributed by atoms with Crippen LogP contribution in [0.5, 0.6) is 0 Å². The van der Waals surface area contributed by atoms with Crippen LogP contribution in [0.3, 0.4) is 0 Å². The Morgan fingerprint density at radius 2 is 1.74 bits per heavy atom. The van der Waals surface area contributed by atoms with Gasteiger partial charge in [-0.2, -0.15) is 13.2 Å². The topological polar surface area (TPSA) is 26.0 Å². The van der Waals surface area contributed by atoms with Crippen LogP contribution in [0, 0.1) is 6.92 Å². The van der Waals surface area contributed by atoms with Gasteiger partial charge in [0.15, 0.2) is 0 Å². The monoisotopic (exact) mass is 295 g/mol. The number of unbranched alkanes of at least 4 members (excludes halogenated alkanes) is 1. The van der Waals surface area contributed by atoms with Gasteiger partial charge in [0.2, 0.25) is 0 Å². The number of hydrogen-bond donors (Lipinski definition) is 1. The molecule has 0 aliphatic heterocycles. The Labute approximate surface area is 117 Å². The number of benzene rings is 1. The number of hydrogen-bond acceptors (Lipinski definition) is 1. The molecular formula is C14H21ClF3N. The lowest BCUT2D eigenvalue weighted by Gasteiger charge is -2.13. The van der Waals surface area contributed by atoms with Gasteiger partial charge in [-0.15, -0.1) is 0 Å². The largest absolute Gasteiger partial charge is 0.417 e. The van der Waals surface area contributed by atoms with Crippen molar-refractivity contribution in [1.82, 2.24) is 0 Å². The quantitative estimate of drug-likeness (QED) is 0.779. The Morgan fingerprint density at radius 3 is 2.21 bits per heavy atom. The summed E-state index contributed by atoms with van der Waals surface area (Å²) < 4.78 is 38.1.